The largest absolute Gasteiger partial charge is 0.489 e. The van der Waals surface area contributed by atoms with Gasteiger partial charge in [-0.25, -0.2) is 0 Å². The fourth-order valence-corrected chi connectivity index (χ4v) is 2.09. The zero-order chi connectivity index (χ0) is 13.7. The molecule has 0 unspecified atom stereocenters. The van der Waals surface area contributed by atoms with Gasteiger partial charge < -0.3 is 9.47 Å². The lowest BCUT2D eigenvalue weighted by atomic mass is 10.1. The summed E-state index contributed by atoms with van der Waals surface area (Å²) in [6, 6.07) is 14.5. The molecule has 0 amide bonds. The van der Waals surface area contributed by atoms with E-state index in [9.17, 15) is 0 Å². The summed E-state index contributed by atoms with van der Waals surface area (Å²) in [5.74, 6) is 0.898. The van der Waals surface area contributed by atoms with Gasteiger partial charge in [-0.3, -0.25) is 0 Å². The molecule has 2 nitrogen and oxygen atoms in total. The quantitative estimate of drug-likeness (QED) is 0.804. The van der Waals surface area contributed by atoms with Gasteiger partial charge in [0, 0.05) is 7.11 Å². The molecule has 0 saturated heterocycles. The SMILES string of the molecule is COCc1cc(C)cc(OCc2ccccc2C)c1. The van der Waals surface area contributed by atoms with Gasteiger partial charge >= 0.3 is 0 Å². The summed E-state index contributed by atoms with van der Waals surface area (Å²) < 4.78 is 11.0. The van der Waals surface area contributed by atoms with Crippen molar-refractivity contribution in [2.75, 3.05) is 7.11 Å². The Balaban J connectivity index is 2.09. The highest BCUT2D eigenvalue weighted by molar-refractivity contribution is 5.34. The second-order valence-electron chi connectivity index (χ2n) is 4.80. The van der Waals surface area contributed by atoms with Crippen LogP contribution in [0.4, 0.5) is 0 Å². The zero-order valence-electron chi connectivity index (χ0n) is 11.8. The Morgan fingerprint density at radius 3 is 2.47 bits per heavy atom. The fourth-order valence-electron chi connectivity index (χ4n) is 2.09. The number of hydrogen-bond acceptors (Lipinski definition) is 2. The summed E-state index contributed by atoms with van der Waals surface area (Å²) in [6.07, 6.45) is 0. The van der Waals surface area contributed by atoms with Crippen molar-refractivity contribution in [1.29, 1.82) is 0 Å². The Labute approximate surface area is 115 Å². The Kier molecular flexibility index (Phi) is 4.58. The molecular formula is C17H20O2. The predicted octanol–water partition coefficient (Wildman–Crippen LogP) is 4.03. The highest BCUT2D eigenvalue weighted by atomic mass is 16.5. The third kappa shape index (κ3) is 3.83. The molecule has 2 aromatic rings. The first-order chi connectivity index (χ1) is 9.19. The van der Waals surface area contributed by atoms with Crippen molar-refractivity contribution >= 4 is 0 Å². The molecule has 0 spiro atoms. The van der Waals surface area contributed by atoms with E-state index in [2.05, 4.69) is 38.1 Å². The van der Waals surface area contributed by atoms with Crippen LogP contribution in [-0.4, -0.2) is 7.11 Å². The van der Waals surface area contributed by atoms with Crippen LogP contribution in [0.3, 0.4) is 0 Å². The van der Waals surface area contributed by atoms with Crippen LogP contribution in [0.1, 0.15) is 22.3 Å². The highest BCUT2D eigenvalue weighted by Crippen LogP contribution is 2.19. The third-order valence-electron chi connectivity index (χ3n) is 3.08. The average molecular weight is 256 g/mol. The van der Waals surface area contributed by atoms with Gasteiger partial charge in [-0.2, -0.15) is 0 Å². The second-order valence-corrected chi connectivity index (χ2v) is 4.80. The second kappa shape index (κ2) is 6.39. The number of benzene rings is 2. The minimum absolute atomic E-state index is 0.600. The van der Waals surface area contributed by atoms with Gasteiger partial charge in [0.2, 0.25) is 0 Å². The molecule has 0 aromatic heterocycles. The van der Waals surface area contributed by atoms with E-state index in [1.54, 1.807) is 7.11 Å². The molecule has 2 heteroatoms. The summed E-state index contributed by atoms with van der Waals surface area (Å²) in [5, 5.41) is 0. The van der Waals surface area contributed by atoms with Crippen LogP contribution in [0.5, 0.6) is 5.75 Å². The van der Waals surface area contributed by atoms with Crippen LogP contribution in [0.2, 0.25) is 0 Å². The molecule has 0 aliphatic carbocycles. The van der Waals surface area contributed by atoms with Crippen molar-refractivity contribution in [2.24, 2.45) is 0 Å². The molecule has 19 heavy (non-hydrogen) atoms. The number of hydrogen-bond donors (Lipinski definition) is 0. The van der Waals surface area contributed by atoms with Crippen molar-refractivity contribution in [3.8, 4) is 5.75 Å². The normalized spacial score (nSPS) is 10.5. The van der Waals surface area contributed by atoms with E-state index in [-0.39, 0.29) is 0 Å². The van der Waals surface area contributed by atoms with Crippen LogP contribution in [0, 0.1) is 13.8 Å². The fraction of sp³-hybridized carbons (Fsp3) is 0.294. The minimum Gasteiger partial charge on any atom is -0.489 e. The number of aryl methyl sites for hydroxylation is 2. The van der Waals surface area contributed by atoms with E-state index >= 15 is 0 Å². The lowest BCUT2D eigenvalue weighted by molar-refractivity contribution is 0.184. The Morgan fingerprint density at radius 1 is 0.947 bits per heavy atom. The van der Waals surface area contributed by atoms with Crippen molar-refractivity contribution in [3.63, 3.8) is 0 Å². The van der Waals surface area contributed by atoms with Crippen LogP contribution >= 0.6 is 0 Å². The molecule has 2 rings (SSSR count). The lowest BCUT2D eigenvalue weighted by Crippen LogP contribution is -1.99. The minimum atomic E-state index is 0.600. The van der Waals surface area contributed by atoms with Gasteiger partial charge in [-0.1, -0.05) is 30.3 Å². The van der Waals surface area contributed by atoms with Crippen LogP contribution < -0.4 is 4.74 Å². The first kappa shape index (κ1) is 13.6. The molecule has 0 radical (unpaired) electrons. The Morgan fingerprint density at radius 2 is 1.74 bits per heavy atom. The van der Waals surface area contributed by atoms with Crippen LogP contribution in [0.25, 0.3) is 0 Å². The summed E-state index contributed by atoms with van der Waals surface area (Å²) in [5.41, 5.74) is 4.81. The van der Waals surface area contributed by atoms with E-state index < -0.39 is 0 Å². The highest BCUT2D eigenvalue weighted by Gasteiger charge is 2.02. The predicted molar refractivity (Wildman–Crippen MR) is 77.4 cm³/mol. The van der Waals surface area contributed by atoms with Crippen LogP contribution in [-0.2, 0) is 18.0 Å². The van der Waals surface area contributed by atoms with Gasteiger partial charge in [0.25, 0.3) is 0 Å². The third-order valence-corrected chi connectivity index (χ3v) is 3.08. The van der Waals surface area contributed by atoms with Gasteiger partial charge in [0.05, 0.1) is 6.61 Å². The maximum absolute atomic E-state index is 5.89. The number of methoxy groups -OCH3 is 1. The maximum Gasteiger partial charge on any atom is 0.120 e. The van der Waals surface area contributed by atoms with Gasteiger partial charge in [0.1, 0.15) is 12.4 Å². The molecule has 0 N–H and O–H groups in total. The Bertz CT molecular complexity index is 547. The van der Waals surface area contributed by atoms with Crippen LogP contribution in [0.15, 0.2) is 42.5 Å². The first-order valence-corrected chi connectivity index (χ1v) is 6.46. The summed E-state index contributed by atoms with van der Waals surface area (Å²) in [4.78, 5) is 0. The van der Waals surface area contributed by atoms with Crippen molar-refractivity contribution in [3.05, 3.63) is 64.7 Å². The standard InChI is InChI=1S/C17H20O2/c1-13-8-15(11-18-3)10-17(9-13)19-12-16-7-5-4-6-14(16)2/h4-10H,11-12H2,1-3H3. The molecule has 0 heterocycles. The summed E-state index contributed by atoms with van der Waals surface area (Å²) >= 11 is 0. The molecule has 0 aliphatic rings. The molecule has 2 aromatic carbocycles. The monoisotopic (exact) mass is 256 g/mol. The molecule has 0 saturated carbocycles. The molecule has 0 atom stereocenters. The maximum atomic E-state index is 5.89. The molecule has 0 bridgehead atoms. The van der Waals surface area contributed by atoms with Gasteiger partial charge in [-0.15, -0.1) is 0 Å². The smallest absolute Gasteiger partial charge is 0.120 e. The van der Waals surface area contributed by atoms with E-state index in [1.807, 2.05) is 18.2 Å². The van der Waals surface area contributed by atoms with Gasteiger partial charge in [0.15, 0.2) is 0 Å². The molecular weight excluding hydrogens is 236 g/mol. The van der Waals surface area contributed by atoms with E-state index in [0.717, 1.165) is 11.3 Å². The average Bonchev–Trinajstić information content (AvgIpc) is 2.37. The number of ether oxygens (including phenoxy) is 2. The van der Waals surface area contributed by atoms with Crippen molar-refractivity contribution in [1.82, 2.24) is 0 Å². The summed E-state index contributed by atoms with van der Waals surface area (Å²) in [7, 11) is 1.70. The molecule has 0 fully saturated rings. The number of rotatable bonds is 5. The zero-order valence-corrected chi connectivity index (χ0v) is 11.8. The first-order valence-electron chi connectivity index (χ1n) is 6.46. The molecule has 100 valence electrons. The van der Waals surface area contributed by atoms with Crippen molar-refractivity contribution in [2.45, 2.75) is 27.1 Å². The van der Waals surface area contributed by atoms with E-state index in [0.29, 0.717) is 13.2 Å². The van der Waals surface area contributed by atoms with E-state index in [1.165, 1.54) is 16.7 Å². The Hall–Kier alpha value is -1.80. The summed E-state index contributed by atoms with van der Waals surface area (Å²) in [6.45, 7) is 5.38. The molecule has 0 aliphatic heterocycles. The van der Waals surface area contributed by atoms with E-state index in [4.69, 9.17) is 9.47 Å². The van der Waals surface area contributed by atoms with Gasteiger partial charge in [-0.05, 0) is 48.2 Å². The topological polar surface area (TPSA) is 18.5 Å². The lowest BCUT2D eigenvalue weighted by Gasteiger charge is -2.11. The van der Waals surface area contributed by atoms with Crippen molar-refractivity contribution < 1.29 is 9.47 Å².